The average molecular weight is 381 g/mol. The summed E-state index contributed by atoms with van der Waals surface area (Å²) in [5.74, 6) is -0.0779. The Balaban J connectivity index is 1.43. The Kier molecular flexibility index (Phi) is 5.41. The van der Waals surface area contributed by atoms with E-state index in [9.17, 15) is 9.50 Å². The number of halogens is 1. The van der Waals surface area contributed by atoms with Gasteiger partial charge in [0.15, 0.2) is 11.6 Å². The fourth-order valence-corrected chi connectivity index (χ4v) is 3.64. The summed E-state index contributed by atoms with van der Waals surface area (Å²) in [6.07, 6.45) is -0.0635. The first-order valence-corrected chi connectivity index (χ1v) is 9.46. The third-order valence-electron chi connectivity index (χ3n) is 5.13. The Hall–Kier alpha value is -2.70. The smallest absolute Gasteiger partial charge is 0.165 e. The third kappa shape index (κ3) is 4.08. The van der Waals surface area contributed by atoms with Crippen molar-refractivity contribution in [3.05, 3.63) is 82.9 Å². The molecule has 0 fully saturated rings. The van der Waals surface area contributed by atoms with Gasteiger partial charge in [0.2, 0.25) is 0 Å². The molecule has 1 N–H and O–H groups in total. The van der Waals surface area contributed by atoms with Gasteiger partial charge < -0.3 is 9.84 Å². The number of ether oxygens (including phenoxy) is 1. The van der Waals surface area contributed by atoms with Crippen LogP contribution in [0.4, 0.5) is 4.39 Å². The summed E-state index contributed by atoms with van der Waals surface area (Å²) in [7, 11) is 1.48. The fraction of sp³-hybridized carbons (Fsp3) is 0.318. The molecule has 6 heteroatoms. The van der Waals surface area contributed by atoms with E-state index < -0.39 is 6.10 Å². The molecular formula is C22H24FN3O2. The fourth-order valence-electron chi connectivity index (χ4n) is 3.64. The summed E-state index contributed by atoms with van der Waals surface area (Å²) in [5, 5.41) is 15.2. The molecule has 0 spiro atoms. The number of rotatable bonds is 6. The van der Waals surface area contributed by atoms with E-state index in [1.165, 1.54) is 13.2 Å². The maximum Gasteiger partial charge on any atom is 0.165 e. The molecule has 1 aliphatic rings. The molecule has 2 aromatic carbocycles. The molecular weight excluding hydrogens is 357 g/mol. The minimum atomic E-state index is -0.615. The second-order valence-electron chi connectivity index (χ2n) is 7.17. The molecule has 1 atom stereocenters. The van der Waals surface area contributed by atoms with Crippen molar-refractivity contribution in [2.45, 2.75) is 32.2 Å². The van der Waals surface area contributed by atoms with Gasteiger partial charge in [-0.25, -0.2) is 4.39 Å². The maximum absolute atomic E-state index is 13.6. The number of nitrogens with zero attached hydrogens (tertiary/aromatic N) is 3. The summed E-state index contributed by atoms with van der Waals surface area (Å²) in [6, 6.07) is 16.9. The van der Waals surface area contributed by atoms with E-state index in [1.807, 2.05) is 41.1 Å². The Labute approximate surface area is 164 Å². The van der Waals surface area contributed by atoms with E-state index in [1.54, 1.807) is 12.1 Å². The highest BCUT2D eigenvalue weighted by atomic mass is 19.1. The van der Waals surface area contributed by atoms with Crippen LogP contribution in [0.25, 0.3) is 0 Å². The first-order valence-electron chi connectivity index (χ1n) is 9.46. The molecule has 1 aromatic heterocycles. The largest absolute Gasteiger partial charge is 0.494 e. The monoisotopic (exact) mass is 381 g/mol. The Morgan fingerprint density at radius 3 is 2.71 bits per heavy atom. The van der Waals surface area contributed by atoms with Crippen LogP contribution in [-0.2, 0) is 26.1 Å². The zero-order valence-corrected chi connectivity index (χ0v) is 15.9. The van der Waals surface area contributed by atoms with E-state index in [0.717, 1.165) is 36.5 Å². The number of fused-ring (bicyclic) bond motifs is 1. The van der Waals surface area contributed by atoms with E-state index in [2.05, 4.69) is 10.00 Å². The number of aromatic nitrogens is 2. The highest BCUT2D eigenvalue weighted by Gasteiger charge is 2.21. The molecule has 0 amide bonds. The Morgan fingerprint density at radius 2 is 1.93 bits per heavy atom. The number of hydrogen-bond acceptors (Lipinski definition) is 4. The molecule has 0 aliphatic carbocycles. The summed E-state index contributed by atoms with van der Waals surface area (Å²) in [6.45, 7) is 3.07. The van der Waals surface area contributed by atoms with Crippen LogP contribution in [0.5, 0.6) is 5.75 Å². The number of methoxy groups -OCH3 is 1. The lowest BCUT2D eigenvalue weighted by atomic mass is 10.1. The predicted octanol–water partition coefficient (Wildman–Crippen LogP) is 3.32. The van der Waals surface area contributed by atoms with E-state index in [4.69, 9.17) is 4.74 Å². The normalized spacial score (nSPS) is 15.2. The first kappa shape index (κ1) is 18.7. The summed E-state index contributed by atoms with van der Waals surface area (Å²) in [5.41, 5.74) is 3.90. The first-order chi connectivity index (χ1) is 13.6. The lowest BCUT2D eigenvalue weighted by Gasteiger charge is -2.27. The Bertz CT molecular complexity index is 942. The Morgan fingerprint density at radius 1 is 1.11 bits per heavy atom. The van der Waals surface area contributed by atoms with Crippen molar-refractivity contribution in [2.75, 3.05) is 13.7 Å². The molecule has 5 nitrogen and oxygen atoms in total. The molecule has 0 saturated heterocycles. The van der Waals surface area contributed by atoms with Crippen LogP contribution >= 0.6 is 0 Å². The molecule has 3 aromatic rings. The molecule has 146 valence electrons. The molecule has 2 heterocycles. The standard InChI is InChI=1S/C22H24FN3O2/c1-28-22-12-17(7-8-19(22)23)14-25-9-10-26-18(15-25)13-20(24-26)21(27)11-16-5-3-2-4-6-16/h2-8,12-13,21,27H,9-11,14-15H2,1H3. The second-order valence-corrected chi connectivity index (χ2v) is 7.17. The zero-order chi connectivity index (χ0) is 19.5. The van der Waals surface area contributed by atoms with Gasteiger partial charge in [0.25, 0.3) is 0 Å². The van der Waals surface area contributed by atoms with Gasteiger partial charge in [-0.2, -0.15) is 5.10 Å². The van der Waals surface area contributed by atoms with Crippen molar-refractivity contribution in [1.82, 2.24) is 14.7 Å². The second kappa shape index (κ2) is 8.12. The van der Waals surface area contributed by atoms with Crippen LogP contribution in [0.3, 0.4) is 0 Å². The van der Waals surface area contributed by atoms with E-state index in [0.29, 0.717) is 18.7 Å². The third-order valence-corrected chi connectivity index (χ3v) is 5.13. The van der Waals surface area contributed by atoms with Crippen molar-refractivity contribution >= 4 is 0 Å². The molecule has 0 saturated carbocycles. The van der Waals surface area contributed by atoms with Crippen LogP contribution < -0.4 is 4.74 Å². The number of benzene rings is 2. The summed E-state index contributed by atoms with van der Waals surface area (Å²) in [4.78, 5) is 2.29. The molecule has 28 heavy (non-hydrogen) atoms. The van der Waals surface area contributed by atoms with Gasteiger partial charge in [-0.05, 0) is 29.3 Å². The van der Waals surface area contributed by atoms with Gasteiger partial charge >= 0.3 is 0 Å². The van der Waals surface area contributed by atoms with Gasteiger partial charge in [0.05, 0.1) is 25.0 Å². The van der Waals surface area contributed by atoms with Gasteiger partial charge in [-0.15, -0.1) is 0 Å². The van der Waals surface area contributed by atoms with Crippen LogP contribution in [-0.4, -0.2) is 33.4 Å². The minimum Gasteiger partial charge on any atom is -0.494 e. The topological polar surface area (TPSA) is 50.5 Å². The minimum absolute atomic E-state index is 0.269. The summed E-state index contributed by atoms with van der Waals surface area (Å²) >= 11 is 0. The van der Waals surface area contributed by atoms with Crippen molar-refractivity contribution in [1.29, 1.82) is 0 Å². The van der Waals surface area contributed by atoms with Crippen LogP contribution in [0.1, 0.15) is 28.6 Å². The molecule has 0 radical (unpaired) electrons. The number of aliphatic hydroxyl groups is 1. The highest BCUT2D eigenvalue weighted by Crippen LogP contribution is 2.24. The predicted molar refractivity (Wildman–Crippen MR) is 104 cm³/mol. The summed E-state index contributed by atoms with van der Waals surface area (Å²) < 4.78 is 20.7. The quantitative estimate of drug-likeness (QED) is 0.712. The van der Waals surface area contributed by atoms with Crippen molar-refractivity contribution < 1.29 is 14.2 Å². The molecule has 4 rings (SSSR count). The number of aliphatic hydroxyl groups excluding tert-OH is 1. The van der Waals surface area contributed by atoms with Gasteiger partial charge in [-0.3, -0.25) is 9.58 Å². The molecule has 1 aliphatic heterocycles. The van der Waals surface area contributed by atoms with Crippen LogP contribution in [0.15, 0.2) is 54.6 Å². The maximum atomic E-state index is 13.6. The zero-order valence-electron chi connectivity index (χ0n) is 15.9. The van der Waals surface area contributed by atoms with Crippen LogP contribution in [0.2, 0.25) is 0 Å². The highest BCUT2D eigenvalue weighted by molar-refractivity contribution is 5.30. The SMILES string of the molecule is COc1cc(CN2CCn3nc(C(O)Cc4ccccc4)cc3C2)ccc1F. The molecule has 1 unspecified atom stereocenters. The molecule has 0 bridgehead atoms. The van der Waals surface area contributed by atoms with Gasteiger partial charge in [0, 0.05) is 26.1 Å². The van der Waals surface area contributed by atoms with Gasteiger partial charge in [-0.1, -0.05) is 36.4 Å². The lowest BCUT2D eigenvalue weighted by molar-refractivity contribution is 0.171. The average Bonchev–Trinajstić information content (AvgIpc) is 3.14. The lowest BCUT2D eigenvalue weighted by Crippen LogP contribution is -2.33. The van der Waals surface area contributed by atoms with Crippen molar-refractivity contribution in [2.24, 2.45) is 0 Å². The van der Waals surface area contributed by atoms with Gasteiger partial charge in [0.1, 0.15) is 6.10 Å². The van der Waals surface area contributed by atoms with E-state index >= 15 is 0 Å². The van der Waals surface area contributed by atoms with Crippen molar-refractivity contribution in [3.8, 4) is 5.75 Å². The van der Waals surface area contributed by atoms with Crippen LogP contribution in [0, 0.1) is 5.82 Å². The van der Waals surface area contributed by atoms with E-state index in [-0.39, 0.29) is 11.6 Å². The number of hydrogen-bond donors (Lipinski definition) is 1. The van der Waals surface area contributed by atoms with Crippen molar-refractivity contribution in [3.63, 3.8) is 0 Å².